The fourth-order valence-electron chi connectivity index (χ4n) is 4.84. The SMILES string of the molecule is CCCCCCCCCCOCC(CCCCCCOCCCCC)(COCC[N+](C)(C)C)COCC[N+](C)(C)C.[I-].[I-]. The monoisotopic (exact) mass is 842 g/mol. The van der Waals surface area contributed by atoms with Gasteiger partial charge in [0.15, 0.2) is 0 Å². The van der Waals surface area contributed by atoms with Crippen LogP contribution >= 0.6 is 0 Å². The summed E-state index contributed by atoms with van der Waals surface area (Å²) in [5.41, 5.74) is -0.0768. The first-order valence-electron chi connectivity index (χ1n) is 17.5. The molecule has 0 radical (unpaired) electrons. The van der Waals surface area contributed by atoms with Gasteiger partial charge in [0.05, 0.1) is 75.3 Å². The summed E-state index contributed by atoms with van der Waals surface area (Å²) in [6.45, 7) is 12.9. The van der Waals surface area contributed by atoms with E-state index in [0.29, 0.717) is 0 Å². The minimum Gasteiger partial charge on any atom is -1.00 e. The van der Waals surface area contributed by atoms with E-state index in [0.717, 1.165) is 94.2 Å². The number of quaternary nitrogens is 2. The molecule has 0 aromatic heterocycles. The van der Waals surface area contributed by atoms with Gasteiger partial charge in [0.1, 0.15) is 13.1 Å². The van der Waals surface area contributed by atoms with Crippen LogP contribution in [0.3, 0.4) is 0 Å². The first-order chi connectivity index (χ1) is 19.5. The minimum absolute atomic E-state index is 0. The third-order valence-corrected chi connectivity index (χ3v) is 7.82. The molecule has 0 N–H and O–H groups in total. The molecule has 8 heteroatoms. The fraction of sp³-hybridized carbons (Fsp3) is 1.00. The first-order valence-corrected chi connectivity index (χ1v) is 17.5. The third-order valence-electron chi connectivity index (χ3n) is 7.82. The van der Waals surface area contributed by atoms with Crippen LogP contribution in [0.4, 0.5) is 0 Å². The van der Waals surface area contributed by atoms with Gasteiger partial charge in [-0.25, -0.2) is 0 Å². The van der Waals surface area contributed by atoms with Crippen LogP contribution in [-0.4, -0.2) is 117 Å². The number of hydrogen-bond acceptors (Lipinski definition) is 4. The van der Waals surface area contributed by atoms with Gasteiger partial charge in [0, 0.05) is 25.2 Å². The molecular formula is C35H76I2N2O4. The van der Waals surface area contributed by atoms with Gasteiger partial charge in [0.2, 0.25) is 0 Å². The Balaban J connectivity index is -0.00000800. The Hall–Kier alpha value is 1.22. The average molecular weight is 843 g/mol. The standard InChI is InChI=1S/C35H76N2O4.2HI/c1-9-11-13-14-15-16-18-23-29-39-32-35(33-40-30-25-36(3,4)5,34-41-31-26-37(6,7)8)24-20-17-19-22-28-38-27-21-12-10-2;;/h9-34H2,1-8H3;2*1H/q+2;;/p-2. The van der Waals surface area contributed by atoms with Gasteiger partial charge < -0.3 is 75.9 Å². The Morgan fingerprint density at radius 1 is 0.395 bits per heavy atom. The molecule has 0 saturated heterocycles. The van der Waals surface area contributed by atoms with Gasteiger partial charge in [-0.2, -0.15) is 0 Å². The summed E-state index contributed by atoms with van der Waals surface area (Å²) in [5.74, 6) is 0. The van der Waals surface area contributed by atoms with Crippen molar-refractivity contribution >= 4 is 0 Å². The Bertz CT molecular complexity index is 509. The molecule has 0 fully saturated rings. The van der Waals surface area contributed by atoms with E-state index >= 15 is 0 Å². The molecule has 0 amide bonds. The van der Waals surface area contributed by atoms with Crippen molar-refractivity contribution in [2.45, 2.75) is 117 Å². The van der Waals surface area contributed by atoms with Crippen LogP contribution in [0.15, 0.2) is 0 Å². The van der Waals surface area contributed by atoms with Crippen LogP contribution < -0.4 is 48.0 Å². The number of likely N-dealkylation sites (N-methyl/N-ethyl adjacent to an activating group) is 2. The zero-order valence-corrected chi connectivity index (χ0v) is 34.5. The molecule has 0 aromatic rings. The molecule has 0 aliphatic carbocycles. The van der Waals surface area contributed by atoms with Gasteiger partial charge in [0.25, 0.3) is 0 Å². The molecule has 264 valence electrons. The second-order valence-corrected chi connectivity index (χ2v) is 14.6. The maximum atomic E-state index is 6.39. The quantitative estimate of drug-likeness (QED) is 0.0589. The molecular weight excluding hydrogens is 766 g/mol. The van der Waals surface area contributed by atoms with Crippen molar-refractivity contribution in [1.29, 1.82) is 0 Å². The second-order valence-electron chi connectivity index (χ2n) is 14.6. The van der Waals surface area contributed by atoms with E-state index in [-0.39, 0.29) is 53.4 Å². The van der Waals surface area contributed by atoms with Gasteiger partial charge in [-0.15, -0.1) is 0 Å². The molecule has 0 unspecified atom stereocenters. The van der Waals surface area contributed by atoms with E-state index in [1.54, 1.807) is 0 Å². The second kappa shape index (κ2) is 31.8. The Labute approximate surface area is 304 Å². The molecule has 0 aliphatic heterocycles. The summed E-state index contributed by atoms with van der Waals surface area (Å²) in [5, 5.41) is 0. The summed E-state index contributed by atoms with van der Waals surface area (Å²) < 4.78 is 26.8. The van der Waals surface area contributed by atoms with Crippen molar-refractivity contribution in [2.24, 2.45) is 5.41 Å². The highest BCUT2D eigenvalue weighted by molar-refractivity contribution is 4.80. The predicted octanol–water partition coefficient (Wildman–Crippen LogP) is 1.74. The van der Waals surface area contributed by atoms with Crippen molar-refractivity contribution in [2.75, 3.05) is 108 Å². The van der Waals surface area contributed by atoms with E-state index in [1.165, 1.54) is 83.5 Å². The van der Waals surface area contributed by atoms with E-state index in [2.05, 4.69) is 56.1 Å². The van der Waals surface area contributed by atoms with E-state index < -0.39 is 0 Å². The molecule has 0 atom stereocenters. The number of ether oxygens (including phenoxy) is 4. The maximum absolute atomic E-state index is 6.39. The van der Waals surface area contributed by atoms with Crippen LogP contribution in [0.2, 0.25) is 0 Å². The first kappa shape index (κ1) is 48.6. The van der Waals surface area contributed by atoms with E-state index in [9.17, 15) is 0 Å². The molecule has 43 heavy (non-hydrogen) atoms. The summed E-state index contributed by atoms with van der Waals surface area (Å²) in [7, 11) is 13.4. The average Bonchev–Trinajstić information content (AvgIpc) is 2.90. The summed E-state index contributed by atoms with van der Waals surface area (Å²) >= 11 is 0. The summed E-state index contributed by atoms with van der Waals surface area (Å²) in [6.07, 6.45) is 20.3. The topological polar surface area (TPSA) is 36.9 Å². The Morgan fingerprint density at radius 2 is 0.721 bits per heavy atom. The van der Waals surface area contributed by atoms with Crippen molar-refractivity contribution in [1.82, 2.24) is 0 Å². The number of hydrogen-bond donors (Lipinski definition) is 0. The van der Waals surface area contributed by atoms with Crippen LogP contribution in [0, 0.1) is 5.41 Å². The van der Waals surface area contributed by atoms with Crippen molar-refractivity contribution in [3.63, 3.8) is 0 Å². The number of nitrogens with zero attached hydrogens (tertiary/aromatic N) is 2. The lowest BCUT2D eigenvalue weighted by Crippen LogP contribution is -3.00. The smallest absolute Gasteiger partial charge is 0.102 e. The van der Waals surface area contributed by atoms with Gasteiger partial charge in [-0.3, -0.25) is 0 Å². The molecule has 0 saturated carbocycles. The van der Waals surface area contributed by atoms with Crippen molar-refractivity contribution in [3.8, 4) is 0 Å². The summed E-state index contributed by atoms with van der Waals surface area (Å²) in [6, 6.07) is 0. The Kier molecular flexibility index (Phi) is 36.0. The normalized spacial score (nSPS) is 12.3. The third kappa shape index (κ3) is 35.9. The molecule has 0 bridgehead atoms. The van der Waals surface area contributed by atoms with Gasteiger partial charge >= 0.3 is 0 Å². The zero-order chi connectivity index (χ0) is 30.7. The van der Waals surface area contributed by atoms with Gasteiger partial charge in [-0.05, 0) is 25.7 Å². The molecule has 0 rings (SSSR count). The minimum atomic E-state index is -0.0768. The number of halogens is 2. The highest BCUT2D eigenvalue weighted by atomic mass is 127. The van der Waals surface area contributed by atoms with E-state index in [1.807, 2.05) is 0 Å². The molecule has 0 aliphatic rings. The largest absolute Gasteiger partial charge is 1.00 e. The maximum Gasteiger partial charge on any atom is 0.102 e. The highest BCUT2D eigenvalue weighted by Crippen LogP contribution is 2.28. The Morgan fingerprint density at radius 3 is 1.16 bits per heavy atom. The lowest BCUT2D eigenvalue weighted by molar-refractivity contribution is -0.870. The van der Waals surface area contributed by atoms with Crippen LogP contribution in [0.25, 0.3) is 0 Å². The van der Waals surface area contributed by atoms with Crippen molar-refractivity contribution < 1.29 is 75.9 Å². The van der Waals surface area contributed by atoms with Gasteiger partial charge in [-0.1, -0.05) is 90.9 Å². The van der Waals surface area contributed by atoms with Crippen molar-refractivity contribution in [3.05, 3.63) is 0 Å². The highest BCUT2D eigenvalue weighted by Gasteiger charge is 2.32. The number of unbranched alkanes of at least 4 members (excludes halogenated alkanes) is 12. The van der Waals surface area contributed by atoms with Crippen LogP contribution in [-0.2, 0) is 18.9 Å². The van der Waals surface area contributed by atoms with Crippen LogP contribution in [0.1, 0.15) is 117 Å². The predicted molar refractivity (Wildman–Crippen MR) is 177 cm³/mol. The van der Waals surface area contributed by atoms with E-state index in [4.69, 9.17) is 18.9 Å². The fourth-order valence-corrected chi connectivity index (χ4v) is 4.84. The molecule has 0 aromatic carbocycles. The van der Waals surface area contributed by atoms with Crippen LogP contribution in [0.5, 0.6) is 0 Å². The number of rotatable bonds is 32. The lowest BCUT2D eigenvalue weighted by Gasteiger charge is -2.34. The molecule has 6 nitrogen and oxygen atoms in total. The zero-order valence-electron chi connectivity index (χ0n) is 30.2. The lowest BCUT2D eigenvalue weighted by atomic mass is 9.84. The molecule has 0 spiro atoms. The molecule has 0 heterocycles. The summed E-state index contributed by atoms with van der Waals surface area (Å²) in [4.78, 5) is 0.